The van der Waals surface area contributed by atoms with Gasteiger partial charge in [0, 0.05) is 0 Å². The fraction of sp³-hybridized carbons (Fsp3) is 0.846. The first-order chi connectivity index (χ1) is 7.99. The van der Waals surface area contributed by atoms with Crippen molar-refractivity contribution in [3.05, 3.63) is 0 Å². The van der Waals surface area contributed by atoms with Gasteiger partial charge in [-0.25, -0.2) is 0 Å². The molecular formula is C13H24O4. The first kappa shape index (κ1) is 15.9. The van der Waals surface area contributed by atoms with Crippen LogP contribution in [0.25, 0.3) is 0 Å². The van der Waals surface area contributed by atoms with Crippen LogP contribution in [-0.4, -0.2) is 23.7 Å². The number of carboxylic acid groups (broad SMARTS) is 1. The van der Waals surface area contributed by atoms with Gasteiger partial charge < -0.3 is 9.84 Å². The van der Waals surface area contributed by atoms with Crippen molar-refractivity contribution in [3.8, 4) is 0 Å². The molecular weight excluding hydrogens is 220 g/mol. The molecule has 0 aliphatic heterocycles. The molecule has 0 spiro atoms. The predicted molar refractivity (Wildman–Crippen MR) is 65.6 cm³/mol. The lowest BCUT2D eigenvalue weighted by atomic mass is 9.79. The fourth-order valence-corrected chi connectivity index (χ4v) is 2.10. The Morgan fingerprint density at radius 2 is 1.71 bits per heavy atom. The largest absolute Gasteiger partial charge is 0.481 e. The van der Waals surface area contributed by atoms with Crippen LogP contribution in [0.2, 0.25) is 0 Å². The van der Waals surface area contributed by atoms with Crippen LogP contribution in [-0.2, 0) is 14.3 Å². The van der Waals surface area contributed by atoms with E-state index in [0.29, 0.717) is 6.61 Å². The number of hydrogen-bond donors (Lipinski definition) is 1. The first-order valence-corrected chi connectivity index (χ1v) is 6.38. The summed E-state index contributed by atoms with van der Waals surface area (Å²) in [4.78, 5) is 23.0. The lowest BCUT2D eigenvalue weighted by molar-refractivity contribution is -0.159. The highest BCUT2D eigenvalue weighted by atomic mass is 16.5. The summed E-state index contributed by atoms with van der Waals surface area (Å²) >= 11 is 0. The number of hydrogen-bond acceptors (Lipinski definition) is 3. The highest BCUT2D eigenvalue weighted by molar-refractivity contribution is 5.81. The van der Waals surface area contributed by atoms with E-state index in [1.54, 1.807) is 6.92 Å². The van der Waals surface area contributed by atoms with Crippen LogP contribution in [0.4, 0.5) is 0 Å². The summed E-state index contributed by atoms with van der Waals surface area (Å²) in [7, 11) is 0. The van der Waals surface area contributed by atoms with Gasteiger partial charge in [-0.3, -0.25) is 9.59 Å². The third-order valence-electron chi connectivity index (χ3n) is 3.20. The molecule has 1 N–H and O–H groups in total. The van der Waals surface area contributed by atoms with Crippen molar-refractivity contribution in [2.45, 2.75) is 47.0 Å². The second-order valence-electron chi connectivity index (χ2n) is 4.40. The molecule has 100 valence electrons. The third-order valence-corrected chi connectivity index (χ3v) is 3.20. The molecule has 0 saturated heterocycles. The summed E-state index contributed by atoms with van der Waals surface area (Å²) in [5.74, 6) is -2.50. The molecule has 17 heavy (non-hydrogen) atoms. The van der Waals surface area contributed by atoms with Crippen molar-refractivity contribution in [2.75, 3.05) is 6.61 Å². The van der Waals surface area contributed by atoms with Crippen molar-refractivity contribution in [1.82, 2.24) is 0 Å². The van der Waals surface area contributed by atoms with Crippen molar-refractivity contribution < 1.29 is 19.4 Å². The average molecular weight is 244 g/mol. The number of ether oxygens (including phenoxy) is 1. The number of aliphatic carboxylic acids is 1. The smallest absolute Gasteiger partial charge is 0.309 e. The van der Waals surface area contributed by atoms with E-state index in [1.165, 1.54) is 0 Å². The lowest BCUT2D eigenvalue weighted by Gasteiger charge is -2.25. The molecule has 0 bridgehead atoms. The van der Waals surface area contributed by atoms with Gasteiger partial charge in [-0.1, -0.05) is 40.5 Å². The molecule has 0 aromatic carbocycles. The van der Waals surface area contributed by atoms with E-state index in [-0.39, 0.29) is 5.92 Å². The first-order valence-electron chi connectivity index (χ1n) is 6.38. The summed E-state index contributed by atoms with van der Waals surface area (Å²) < 4.78 is 5.02. The monoisotopic (exact) mass is 244 g/mol. The molecule has 0 aliphatic rings. The van der Waals surface area contributed by atoms with Gasteiger partial charge in [-0.15, -0.1) is 0 Å². The van der Waals surface area contributed by atoms with Crippen LogP contribution in [0.15, 0.2) is 0 Å². The van der Waals surface area contributed by atoms with Crippen molar-refractivity contribution in [2.24, 2.45) is 17.8 Å². The summed E-state index contributed by atoms with van der Waals surface area (Å²) in [5.41, 5.74) is 0. The molecule has 0 amide bonds. The Morgan fingerprint density at radius 3 is 2.06 bits per heavy atom. The Balaban J connectivity index is 4.69. The van der Waals surface area contributed by atoms with E-state index < -0.39 is 23.8 Å². The third kappa shape index (κ3) is 4.75. The summed E-state index contributed by atoms with van der Waals surface area (Å²) in [5, 5.41) is 9.24. The number of carbonyl (C=O) groups is 2. The van der Waals surface area contributed by atoms with Gasteiger partial charge >= 0.3 is 11.9 Å². The SMILES string of the molecule is CCCOC(=O)C(C)C(C(=O)O)C(CC)CC. The second-order valence-corrected chi connectivity index (χ2v) is 4.40. The highest BCUT2D eigenvalue weighted by Crippen LogP contribution is 2.28. The van der Waals surface area contributed by atoms with Crippen molar-refractivity contribution in [3.63, 3.8) is 0 Å². The highest BCUT2D eigenvalue weighted by Gasteiger charge is 2.35. The van der Waals surface area contributed by atoms with E-state index in [9.17, 15) is 14.7 Å². The predicted octanol–water partition coefficient (Wildman–Crippen LogP) is 2.71. The minimum Gasteiger partial charge on any atom is -0.481 e. The van der Waals surface area contributed by atoms with Crippen LogP contribution >= 0.6 is 0 Å². The van der Waals surface area contributed by atoms with Crippen LogP contribution in [0.5, 0.6) is 0 Å². The van der Waals surface area contributed by atoms with Gasteiger partial charge in [0.2, 0.25) is 0 Å². The van der Waals surface area contributed by atoms with Crippen molar-refractivity contribution in [1.29, 1.82) is 0 Å². The molecule has 4 heteroatoms. The minimum atomic E-state index is -0.903. The summed E-state index contributed by atoms with van der Waals surface area (Å²) in [6.45, 7) is 7.82. The molecule has 0 radical (unpaired) electrons. The van der Waals surface area contributed by atoms with Crippen LogP contribution in [0.1, 0.15) is 47.0 Å². The summed E-state index contributed by atoms with van der Waals surface area (Å²) in [6, 6.07) is 0. The quantitative estimate of drug-likeness (QED) is 0.667. The zero-order chi connectivity index (χ0) is 13.4. The normalized spacial score (nSPS) is 14.4. The van der Waals surface area contributed by atoms with Gasteiger partial charge in [0.05, 0.1) is 18.4 Å². The van der Waals surface area contributed by atoms with Gasteiger partial charge in [0.15, 0.2) is 0 Å². The fourth-order valence-electron chi connectivity index (χ4n) is 2.10. The molecule has 4 nitrogen and oxygen atoms in total. The van der Waals surface area contributed by atoms with E-state index in [0.717, 1.165) is 19.3 Å². The molecule has 0 saturated carbocycles. The Bertz CT molecular complexity index is 246. The molecule has 2 unspecified atom stereocenters. The number of rotatable bonds is 8. The Hall–Kier alpha value is -1.06. The van der Waals surface area contributed by atoms with E-state index in [4.69, 9.17) is 4.74 Å². The Kier molecular flexibility index (Phi) is 7.59. The zero-order valence-corrected chi connectivity index (χ0v) is 11.2. The maximum atomic E-state index is 11.7. The molecule has 0 rings (SSSR count). The second kappa shape index (κ2) is 8.09. The van der Waals surface area contributed by atoms with E-state index >= 15 is 0 Å². The molecule has 0 heterocycles. The topological polar surface area (TPSA) is 63.6 Å². The van der Waals surface area contributed by atoms with E-state index in [2.05, 4.69) is 0 Å². The van der Waals surface area contributed by atoms with Gasteiger partial charge in [0.25, 0.3) is 0 Å². The van der Waals surface area contributed by atoms with E-state index in [1.807, 2.05) is 20.8 Å². The molecule has 0 aliphatic carbocycles. The van der Waals surface area contributed by atoms with Gasteiger partial charge in [-0.2, -0.15) is 0 Å². The number of carboxylic acids is 1. The average Bonchev–Trinajstić information content (AvgIpc) is 2.31. The van der Waals surface area contributed by atoms with Crippen LogP contribution in [0, 0.1) is 17.8 Å². The Labute approximate surface area is 103 Å². The minimum absolute atomic E-state index is 0.0247. The lowest BCUT2D eigenvalue weighted by Crippen LogP contribution is -2.34. The maximum absolute atomic E-state index is 11.7. The number of carbonyl (C=O) groups excluding carboxylic acids is 1. The molecule has 0 fully saturated rings. The number of esters is 1. The molecule has 0 aromatic rings. The van der Waals surface area contributed by atoms with Gasteiger partial charge in [0.1, 0.15) is 0 Å². The zero-order valence-electron chi connectivity index (χ0n) is 11.2. The van der Waals surface area contributed by atoms with Crippen LogP contribution < -0.4 is 0 Å². The van der Waals surface area contributed by atoms with Gasteiger partial charge in [-0.05, 0) is 12.3 Å². The summed E-state index contributed by atoms with van der Waals surface area (Å²) in [6.07, 6.45) is 2.28. The maximum Gasteiger partial charge on any atom is 0.309 e. The Morgan fingerprint density at radius 1 is 1.18 bits per heavy atom. The molecule has 0 aromatic heterocycles. The standard InChI is InChI=1S/C13H24O4/c1-5-8-17-13(16)9(4)11(12(14)15)10(6-2)7-3/h9-11H,5-8H2,1-4H3,(H,14,15). The molecule has 2 atom stereocenters. The van der Waals surface area contributed by atoms with Crippen LogP contribution in [0.3, 0.4) is 0 Å². The van der Waals surface area contributed by atoms with Crippen molar-refractivity contribution >= 4 is 11.9 Å².